The molecule has 1 saturated heterocycles. The molecule has 0 bridgehead atoms. The third kappa shape index (κ3) is 4.26. The molecule has 1 aliphatic rings. The summed E-state index contributed by atoms with van der Waals surface area (Å²) in [5.41, 5.74) is 1.32. The SMILES string of the molecule is COc1cc(CNC(=O)[C@H]2CCN(c3ccc(F)cc3)C2=O)cc(OC)c1OC. The van der Waals surface area contributed by atoms with E-state index in [1.807, 2.05) is 0 Å². The number of anilines is 1. The van der Waals surface area contributed by atoms with Crippen molar-refractivity contribution < 1.29 is 28.2 Å². The minimum Gasteiger partial charge on any atom is -0.493 e. The quantitative estimate of drug-likeness (QED) is 0.721. The van der Waals surface area contributed by atoms with E-state index in [1.165, 1.54) is 50.5 Å². The summed E-state index contributed by atoms with van der Waals surface area (Å²) in [7, 11) is 4.54. The van der Waals surface area contributed by atoms with Gasteiger partial charge in [0.05, 0.1) is 21.3 Å². The monoisotopic (exact) mass is 402 g/mol. The van der Waals surface area contributed by atoms with Gasteiger partial charge in [-0.05, 0) is 48.4 Å². The van der Waals surface area contributed by atoms with Crippen molar-refractivity contribution in [2.45, 2.75) is 13.0 Å². The first-order valence-corrected chi connectivity index (χ1v) is 9.12. The molecule has 0 aliphatic carbocycles. The summed E-state index contributed by atoms with van der Waals surface area (Å²) in [4.78, 5) is 26.7. The van der Waals surface area contributed by atoms with Crippen molar-refractivity contribution in [1.29, 1.82) is 0 Å². The number of hydrogen-bond donors (Lipinski definition) is 1. The number of benzene rings is 2. The second-order valence-electron chi connectivity index (χ2n) is 6.56. The first-order chi connectivity index (χ1) is 14.0. The number of carbonyl (C=O) groups is 2. The Morgan fingerprint density at radius 2 is 1.72 bits per heavy atom. The van der Waals surface area contributed by atoms with Gasteiger partial charge in [-0.1, -0.05) is 0 Å². The lowest BCUT2D eigenvalue weighted by Gasteiger charge is -2.17. The lowest BCUT2D eigenvalue weighted by atomic mass is 10.1. The summed E-state index contributed by atoms with van der Waals surface area (Å²) < 4.78 is 29.0. The summed E-state index contributed by atoms with van der Waals surface area (Å²) in [5.74, 6) is -0.369. The molecule has 1 heterocycles. The summed E-state index contributed by atoms with van der Waals surface area (Å²) in [6, 6.07) is 9.12. The van der Waals surface area contributed by atoms with Gasteiger partial charge in [0.1, 0.15) is 11.7 Å². The van der Waals surface area contributed by atoms with Crippen molar-refractivity contribution in [2.24, 2.45) is 5.92 Å². The summed E-state index contributed by atoms with van der Waals surface area (Å²) in [6.07, 6.45) is 0.400. The van der Waals surface area contributed by atoms with Crippen molar-refractivity contribution in [1.82, 2.24) is 5.32 Å². The highest BCUT2D eigenvalue weighted by atomic mass is 19.1. The molecule has 0 unspecified atom stereocenters. The molecule has 0 radical (unpaired) electrons. The Morgan fingerprint density at radius 1 is 1.10 bits per heavy atom. The number of nitrogens with zero attached hydrogens (tertiary/aromatic N) is 1. The fourth-order valence-corrected chi connectivity index (χ4v) is 3.35. The Morgan fingerprint density at radius 3 is 2.28 bits per heavy atom. The third-order valence-corrected chi connectivity index (χ3v) is 4.85. The topological polar surface area (TPSA) is 77.1 Å². The molecule has 29 heavy (non-hydrogen) atoms. The number of amides is 2. The molecule has 3 rings (SSSR count). The number of nitrogens with one attached hydrogen (secondary N) is 1. The molecular formula is C21H23FN2O5. The average molecular weight is 402 g/mol. The lowest BCUT2D eigenvalue weighted by Crippen LogP contribution is -2.36. The highest BCUT2D eigenvalue weighted by Gasteiger charge is 2.37. The number of ether oxygens (including phenoxy) is 3. The van der Waals surface area contributed by atoms with E-state index in [9.17, 15) is 14.0 Å². The zero-order valence-corrected chi connectivity index (χ0v) is 16.5. The van der Waals surface area contributed by atoms with Gasteiger partial charge in [0, 0.05) is 18.8 Å². The molecule has 0 spiro atoms. The standard InChI is InChI=1S/C21H23FN2O5/c1-27-17-10-13(11-18(28-2)19(17)29-3)12-23-20(25)16-8-9-24(21(16)26)15-6-4-14(22)5-7-15/h4-7,10-11,16H,8-9,12H2,1-3H3,(H,23,25)/t16-/m1/s1. The molecule has 0 aromatic heterocycles. The van der Waals surface area contributed by atoms with Gasteiger partial charge in [-0.3, -0.25) is 9.59 Å². The Kier molecular flexibility index (Phi) is 6.21. The highest BCUT2D eigenvalue weighted by molar-refractivity contribution is 6.09. The van der Waals surface area contributed by atoms with Crippen LogP contribution in [0.1, 0.15) is 12.0 Å². The number of carbonyl (C=O) groups excluding carboxylic acids is 2. The molecule has 7 nitrogen and oxygen atoms in total. The van der Waals surface area contributed by atoms with Crippen molar-refractivity contribution >= 4 is 17.5 Å². The van der Waals surface area contributed by atoms with Crippen LogP contribution in [0.3, 0.4) is 0 Å². The molecule has 1 atom stereocenters. The Balaban J connectivity index is 1.67. The summed E-state index contributed by atoms with van der Waals surface area (Å²) >= 11 is 0. The number of rotatable bonds is 7. The van der Waals surface area contributed by atoms with Crippen LogP contribution >= 0.6 is 0 Å². The van der Waals surface area contributed by atoms with Crippen LogP contribution in [0.25, 0.3) is 0 Å². The van der Waals surface area contributed by atoms with Crippen LogP contribution in [0.15, 0.2) is 36.4 Å². The fourth-order valence-electron chi connectivity index (χ4n) is 3.35. The van der Waals surface area contributed by atoms with Gasteiger partial charge < -0.3 is 24.4 Å². The average Bonchev–Trinajstić information content (AvgIpc) is 3.13. The van der Waals surface area contributed by atoms with Gasteiger partial charge in [-0.2, -0.15) is 0 Å². The van der Waals surface area contributed by atoms with Crippen LogP contribution in [-0.2, 0) is 16.1 Å². The molecule has 1 aliphatic heterocycles. The van der Waals surface area contributed by atoms with Crippen molar-refractivity contribution in [3.8, 4) is 17.2 Å². The van der Waals surface area contributed by atoms with Crippen LogP contribution in [0.5, 0.6) is 17.2 Å². The van der Waals surface area contributed by atoms with E-state index in [0.717, 1.165) is 5.56 Å². The lowest BCUT2D eigenvalue weighted by molar-refractivity contribution is -0.132. The maximum absolute atomic E-state index is 13.1. The van der Waals surface area contributed by atoms with E-state index < -0.39 is 5.92 Å². The van der Waals surface area contributed by atoms with Crippen LogP contribution in [-0.4, -0.2) is 39.7 Å². The minimum atomic E-state index is -0.776. The van der Waals surface area contributed by atoms with E-state index in [-0.39, 0.29) is 24.2 Å². The van der Waals surface area contributed by atoms with E-state index in [2.05, 4.69) is 5.32 Å². The maximum Gasteiger partial charge on any atom is 0.239 e. The Labute approximate surface area is 168 Å². The molecule has 2 aromatic rings. The molecule has 2 amide bonds. The first kappa shape index (κ1) is 20.4. The van der Waals surface area contributed by atoms with Gasteiger partial charge in [-0.15, -0.1) is 0 Å². The summed E-state index contributed by atoms with van der Waals surface area (Å²) in [6.45, 7) is 0.614. The van der Waals surface area contributed by atoms with Crippen LogP contribution in [0.2, 0.25) is 0 Å². The van der Waals surface area contributed by atoms with Crippen LogP contribution in [0.4, 0.5) is 10.1 Å². The van der Waals surface area contributed by atoms with E-state index in [1.54, 1.807) is 12.1 Å². The Bertz CT molecular complexity index is 875. The summed E-state index contributed by atoms with van der Waals surface area (Å²) in [5, 5.41) is 2.79. The third-order valence-electron chi connectivity index (χ3n) is 4.85. The second-order valence-corrected chi connectivity index (χ2v) is 6.56. The van der Waals surface area contributed by atoms with Crippen LogP contribution < -0.4 is 24.4 Å². The molecule has 2 aromatic carbocycles. The minimum absolute atomic E-state index is 0.204. The smallest absolute Gasteiger partial charge is 0.239 e. The number of hydrogen-bond acceptors (Lipinski definition) is 5. The molecule has 154 valence electrons. The number of methoxy groups -OCH3 is 3. The van der Waals surface area contributed by atoms with E-state index in [0.29, 0.717) is 35.9 Å². The van der Waals surface area contributed by atoms with E-state index >= 15 is 0 Å². The zero-order valence-electron chi connectivity index (χ0n) is 16.5. The van der Waals surface area contributed by atoms with Gasteiger partial charge in [-0.25, -0.2) is 4.39 Å². The molecule has 1 fully saturated rings. The number of halogens is 1. The molecule has 0 saturated carbocycles. The second kappa shape index (κ2) is 8.81. The highest BCUT2D eigenvalue weighted by Crippen LogP contribution is 2.38. The van der Waals surface area contributed by atoms with Crippen molar-refractivity contribution in [3.05, 3.63) is 47.8 Å². The first-order valence-electron chi connectivity index (χ1n) is 9.12. The van der Waals surface area contributed by atoms with Gasteiger partial charge in [0.2, 0.25) is 17.6 Å². The van der Waals surface area contributed by atoms with Crippen molar-refractivity contribution in [3.63, 3.8) is 0 Å². The fraction of sp³-hybridized carbons (Fsp3) is 0.333. The molecular weight excluding hydrogens is 379 g/mol. The van der Waals surface area contributed by atoms with Crippen molar-refractivity contribution in [2.75, 3.05) is 32.8 Å². The normalized spacial score (nSPS) is 15.9. The van der Waals surface area contributed by atoms with Gasteiger partial charge in [0.25, 0.3) is 0 Å². The predicted molar refractivity (Wildman–Crippen MR) is 105 cm³/mol. The van der Waals surface area contributed by atoms with E-state index in [4.69, 9.17) is 14.2 Å². The zero-order chi connectivity index (χ0) is 21.0. The Hall–Kier alpha value is -3.29. The van der Waals surface area contributed by atoms with Crippen LogP contribution in [0, 0.1) is 11.7 Å². The molecule has 1 N–H and O–H groups in total. The molecule has 8 heteroatoms. The maximum atomic E-state index is 13.1. The largest absolute Gasteiger partial charge is 0.493 e. The predicted octanol–water partition coefficient (Wildman–Crippen LogP) is 2.52. The van der Waals surface area contributed by atoms with Gasteiger partial charge >= 0.3 is 0 Å². The van der Waals surface area contributed by atoms with Gasteiger partial charge in [0.15, 0.2) is 11.5 Å².